The molecule has 8 heteroatoms. The summed E-state index contributed by atoms with van der Waals surface area (Å²) >= 11 is 0. The largest absolute Gasteiger partial charge is 0.465 e. The number of para-hydroxylation sites is 1. The number of methoxy groups -OCH3 is 1. The van der Waals surface area contributed by atoms with Crippen LogP contribution in [0.25, 0.3) is 0 Å². The van der Waals surface area contributed by atoms with Gasteiger partial charge in [0.1, 0.15) is 0 Å². The van der Waals surface area contributed by atoms with Crippen molar-refractivity contribution >= 4 is 35.1 Å². The van der Waals surface area contributed by atoms with E-state index in [1.54, 1.807) is 47.4 Å². The molecule has 8 nitrogen and oxygen atoms in total. The topological polar surface area (TPSA) is 102 Å². The Hall–Kier alpha value is -3.68. The van der Waals surface area contributed by atoms with Crippen molar-refractivity contribution in [2.24, 2.45) is 0 Å². The van der Waals surface area contributed by atoms with E-state index in [-0.39, 0.29) is 22.7 Å². The summed E-state index contributed by atoms with van der Waals surface area (Å²) in [5.41, 5.74) is 1.32. The first-order chi connectivity index (χ1) is 14.0. The van der Waals surface area contributed by atoms with Crippen LogP contribution in [0.3, 0.4) is 0 Å². The Kier molecular flexibility index (Phi) is 6.23. The van der Waals surface area contributed by atoms with Gasteiger partial charge in [-0.25, -0.2) is 9.59 Å². The molecular formula is C21H20N2O6. The summed E-state index contributed by atoms with van der Waals surface area (Å²) in [6.07, 6.45) is 1.27. The number of hydrogen-bond donors (Lipinski definition) is 1. The van der Waals surface area contributed by atoms with Gasteiger partial charge in [0.2, 0.25) is 5.91 Å². The van der Waals surface area contributed by atoms with E-state index in [4.69, 9.17) is 4.74 Å². The van der Waals surface area contributed by atoms with Gasteiger partial charge in [-0.15, -0.1) is 0 Å². The predicted molar refractivity (Wildman–Crippen MR) is 105 cm³/mol. The molecule has 1 aliphatic heterocycles. The van der Waals surface area contributed by atoms with Crippen molar-refractivity contribution in [3.8, 4) is 0 Å². The summed E-state index contributed by atoms with van der Waals surface area (Å²) < 4.78 is 9.73. The molecule has 0 radical (unpaired) electrons. The summed E-state index contributed by atoms with van der Waals surface area (Å²) in [6.45, 7) is 0.0839. The number of anilines is 2. The molecule has 1 saturated heterocycles. The van der Waals surface area contributed by atoms with E-state index < -0.39 is 24.5 Å². The molecular weight excluding hydrogens is 376 g/mol. The van der Waals surface area contributed by atoms with Crippen molar-refractivity contribution in [3.63, 3.8) is 0 Å². The zero-order valence-corrected chi connectivity index (χ0v) is 15.8. The van der Waals surface area contributed by atoms with Gasteiger partial charge in [0.05, 0.1) is 23.9 Å². The highest BCUT2D eigenvalue weighted by Gasteiger charge is 2.22. The molecule has 0 bridgehead atoms. The van der Waals surface area contributed by atoms with Crippen molar-refractivity contribution in [2.45, 2.75) is 12.8 Å². The van der Waals surface area contributed by atoms with Gasteiger partial charge < -0.3 is 19.7 Å². The molecule has 0 atom stereocenters. The van der Waals surface area contributed by atoms with Crippen LogP contribution in [0.2, 0.25) is 0 Å². The average Bonchev–Trinajstić information content (AvgIpc) is 3.18. The summed E-state index contributed by atoms with van der Waals surface area (Å²) in [5, 5.41) is 2.52. The van der Waals surface area contributed by atoms with Gasteiger partial charge in [-0.05, 0) is 36.8 Å². The molecule has 29 heavy (non-hydrogen) atoms. The molecule has 0 spiro atoms. The number of carbonyl (C=O) groups is 4. The third-order valence-electron chi connectivity index (χ3n) is 4.41. The first kappa shape index (κ1) is 20.1. The number of amides is 2. The van der Waals surface area contributed by atoms with E-state index in [2.05, 4.69) is 10.1 Å². The summed E-state index contributed by atoms with van der Waals surface area (Å²) in [5.74, 6) is -1.86. The van der Waals surface area contributed by atoms with Crippen LogP contribution in [0.1, 0.15) is 33.6 Å². The smallest absolute Gasteiger partial charge is 0.339 e. The van der Waals surface area contributed by atoms with E-state index >= 15 is 0 Å². The van der Waals surface area contributed by atoms with Gasteiger partial charge in [0, 0.05) is 18.7 Å². The third kappa shape index (κ3) is 4.78. The number of nitrogens with one attached hydrogen (secondary N) is 1. The molecule has 0 aromatic heterocycles. The van der Waals surface area contributed by atoms with Crippen molar-refractivity contribution in [1.82, 2.24) is 0 Å². The lowest BCUT2D eigenvalue weighted by molar-refractivity contribution is -0.119. The number of benzene rings is 2. The third-order valence-corrected chi connectivity index (χ3v) is 4.41. The van der Waals surface area contributed by atoms with Crippen LogP contribution in [-0.2, 0) is 19.1 Å². The van der Waals surface area contributed by atoms with Crippen LogP contribution in [0.5, 0.6) is 0 Å². The van der Waals surface area contributed by atoms with Crippen LogP contribution in [0.15, 0.2) is 48.5 Å². The second-order valence-electron chi connectivity index (χ2n) is 6.36. The summed E-state index contributed by atoms with van der Waals surface area (Å²) in [4.78, 5) is 49.7. The number of hydrogen-bond acceptors (Lipinski definition) is 6. The second-order valence-corrected chi connectivity index (χ2v) is 6.36. The Bertz CT molecular complexity index is 956. The van der Waals surface area contributed by atoms with Crippen molar-refractivity contribution in [3.05, 3.63) is 59.7 Å². The normalized spacial score (nSPS) is 13.1. The molecule has 0 saturated carbocycles. The van der Waals surface area contributed by atoms with E-state index in [1.807, 2.05) is 0 Å². The van der Waals surface area contributed by atoms with Gasteiger partial charge in [-0.2, -0.15) is 0 Å². The first-order valence-corrected chi connectivity index (χ1v) is 9.04. The Morgan fingerprint density at radius 1 is 1.07 bits per heavy atom. The van der Waals surface area contributed by atoms with Gasteiger partial charge in [-0.3, -0.25) is 9.59 Å². The minimum absolute atomic E-state index is 0.0131. The molecule has 2 aromatic rings. The quantitative estimate of drug-likeness (QED) is 0.753. The first-order valence-electron chi connectivity index (χ1n) is 9.04. The maximum atomic E-state index is 12.3. The predicted octanol–water partition coefficient (Wildman–Crippen LogP) is 2.40. The molecule has 3 rings (SSSR count). The Balaban J connectivity index is 1.61. The van der Waals surface area contributed by atoms with Gasteiger partial charge in [0.25, 0.3) is 5.91 Å². The van der Waals surface area contributed by atoms with Crippen molar-refractivity contribution in [1.29, 1.82) is 0 Å². The fourth-order valence-corrected chi connectivity index (χ4v) is 3.00. The van der Waals surface area contributed by atoms with E-state index in [1.165, 1.54) is 13.2 Å². The molecule has 1 aliphatic rings. The van der Waals surface area contributed by atoms with Crippen molar-refractivity contribution < 1.29 is 28.7 Å². The molecule has 1 heterocycles. The van der Waals surface area contributed by atoms with E-state index in [0.717, 1.165) is 6.42 Å². The number of nitrogens with zero attached hydrogens (tertiary/aromatic N) is 1. The van der Waals surface area contributed by atoms with Crippen molar-refractivity contribution in [2.75, 3.05) is 30.5 Å². The number of carbonyl (C=O) groups excluding carboxylic acids is 4. The number of rotatable bonds is 6. The van der Waals surface area contributed by atoms with Crippen LogP contribution >= 0.6 is 0 Å². The molecule has 1 N–H and O–H groups in total. The highest BCUT2D eigenvalue weighted by Crippen LogP contribution is 2.22. The highest BCUT2D eigenvalue weighted by molar-refractivity contribution is 6.02. The Labute approximate surface area is 167 Å². The molecule has 0 unspecified atom stereocenters. The minimum atomic E-state index is -0.685. The van der Waals surface area contributed by atoms with E-state index in [0.29, 0.717) is 18.7 Å². The van der Waals surface area contributed by atoms with Gasteiger partial charge in [0.15, 0.2) is 6.61 Å². The zero-order chi connectivity index (χ0) is 20.8. The van der Waals surface area contributed by atoms with Gasteiger partial charge >= 0.3 is 11.9 Å². The lowest BCUT2D eigenvalue weighted by Gasteiger charge is -2.16. The number of esters is 2. The molecule has 0 aliphatic carbocycles. The highest BCUT2D eigenvalue weighted by atomic mass is 16.5. The van der Waals surface area contributed by atoms with Gasteiger partial charge in [-0.1, -0.05) is 18.2 Å². The Morgan fingerprint density at radius 3 is 2.59 bits per heavy atom. The molecule has 2 amide bonds. The van der Waals surface area contributed by atoms with Crippen LogP contribution < -0.4 is 10.2 Å². The molecule has 1 fully saturated rings. The lowest BCUT2D eigenvalue weighted by Crippen LogP contribution is -2.24. The fourth-order valence-electron chi connectivity index (χ4n) is 3.00. The van der Waals surface area contributed by atoms with Crippen LogP contribution in [0, 0.1) is 0 Å². The minimum Gasteiger partial charge on any atom is -0.465 e. The second kappa shape index (κ2) is 9.01. The van der Waals surface area contributed by atoms with Crippen LogP contribution in [-0.4, -0.2) is 44.0 Å². The fraction of sp³-hybridized carbons (Fsp3) is 0.238. The number of ether oxygens (including phenoxy) is 2. The van der Waals surface area contributed by atoms with E-state index in [9.17, 15) is 19.2 Å². The summed E-state index contributed by atoms with van der Waals surface area (Å²) in [6, 6.07) is 12.9. The molecule has 2 aromatic carbocycles. The molecule has 150 valence electrons. The lowest BCUT2D eigenvalue weighted by atomic mass is 10.2. The zero-order valence-electron chi connectivity index (χ0n) is 15.8. The average molecular weight is 396 g/mol. The maximum absolute atomic E-state index is 12.3. The summed E-state index contributed by atoms with van der Waals surface area (Å²) in [7, 11) is 1.24. The maximum Gasteiger partial charge on any atom is 0.339 e. The van der Waals surface area contributed by atoms with Crippen LogP contribution in [0.4, 0.5) is 11.4 Å². The standard InChI is InChI=1S/C21H20N2O6/c1-28-21(27)16-8-2-3-9-17(16)22-18(24)13-29-20(26)14-6-4-7-15(12-14)23-11-5-10-19(23)25/h2-4,6-9,12H,5,10-11,13H2,1H3,(H,22,24). The SMILES string of the molecule is COC(=O)c1ccccc1NC(=O)COC(=O)c1cccc(N2CCCC2=O)c1. The Morgan fingerprint density at radius 2 is 1.86 bits per heavy atom. The monoisotopic (exact) mass is 396 g/mol.